The second-order valence-corrected chi connectivity index (χ2v) is 13.2. The minimum Gasteiger partial charge on any atom is -0.466 e. The molecular weight excluding hydrogens is 583 g/mol. The van der Waals surface area contributed by atoms with Crippen LogP contribution < -0.4 is 0 Å². The first-order valence-corrected chi connectivity index (χ1v) is 15.9. The number of carbonyl (C=O) groups is 1. The molecule has 0 amide bonds. The minimum atomic E-state index is -0.779. The number of hydrogen-bond donors (Lipinski definition) is 0. The molecule has 0 bridgehead atoms. The summed E-state index contributed by atoms with van der Waals surface area (Å²) < 4.78 is 5.76. The molecule has 2 aliphatic rings. The summed E-state index contributed by atoms with van der Waals surface area (Å²) in [5, 5.41) is 1.34. The van der Waals surface area contributed by atoms with Gasteiger partial charge in [-0.2, -0.15) is 0 Å². The summed E-state index contributed by atoms with van der Waals surface area (Å²) in [6.07, 6.45) is 0.184. The lowest BCUT2D eigenvalue weighted by Crippen LogP contribution is -2.32. The maximum Gasteiger partial charge on any atom is 0.307 e. The number of carbonyl (C=O) groups excluding carboxylic acids is 1. The third kappa shape index (κ3) is 4.76. The van der Waals surface area contributed by atoms with Crippen LogP contribution in [0.25, 0.3) is 11.1 Å². The van der Waals surface area contributed by atoms with Crippen LogP contribution in [0.5, 0.6) is 0 Å². The second-order valence-electron chi connectivity index (χ2n) is 12.3. The van der Waals surface area contributed by atoms with E-state index in [0.29, 0.717) is 16.7 Å². The molecule has 1 atom stereocenters. The van der Waals surface area contributed by atoms with Crippen molar-refractivity contribution in [3.05, 3.63) is 163 Å². The lowest BCUT2D eigenvalue weighted by atomic mass is 9.66. The molecule has 0 heterocycles. The van der Waals surface area contributed by atoms with Crippen molar-refractivity contribution in [2.75, 3.05) is 6.61 Å². The lowest BCUT2D eigenvalue weighted by molar-refractivity contribution is -0.144. The number of rotatable bonds is 6. The number of halogens is 2. The maximum atomic E-state index is 13.9. The van der Waals surface area contributed by atoms with E-state index >= 15 is 0 Å². The normalized spacial score (nSPS) is 18.2. The quantitative estimate of drug-likeness (QED) is 0.201. The highest BCUT2D eigenvalue weighted by Crippen LogP contribution is 2.71. The number of esters is 1. The lowest BCUT2D eigenvalue weighted by Gasteiger charge is -2.36. The van der Waals surface area contributed by atoms with Crippen LogP contribution in [0.2, 0.25) is 10.0 Å². The van der Waals surface area contributed by atoms with Gasteiger partial charge in [0.05, 0.1) is 18.4 Å². The van der Waals surface area contributed by atoms with Gasteiger partial charge < -0.3 is 4.74 Å². The molecule has 1 fully saturated rings. The Morgan fingerprint density at radius 1 is 0.750 bits per heavy atom. The van der Waals surface area contributed by atoms with Crippen molar-refractivity contribution in [1.82, 2.24) is 0 Å². The first-order chi connectivity index (χ1) is 21.1. The van der Waals surface area contributed by atoms with E-state index < -0.39 is 10.8 Å². The number of hydrogen-bond acceptors (Lipinski definition) is 2. The fourth-order valence-corrected chi connectivity index (χ4v) is 8.07. The van der Waals surface area contributed by atoms with E-state index in [0.717, 1.165) is 33.4 Å². The van der Waals surface area contributed by atoms with Crippen LogP contribution >= 0.6 is 23.2 Å². The second kappa shape index (κ2) is 11.6. The Kier molecular flexibility index (Phi) is 7.94. The van der Waals surface area contributed by atoms with Crippen molar-refractivity contribution >= 4 is 40.3 Å². The summed E-state index contributed by atoms with van der Waals surface area (Å²) in [6, 6.07) is 35.2. The molecule has 0 spiro atoms. The molecule has 1 unspecified atom stereocenters. The van der Waals surface area contributed by atoms with Crippen molar-refractivity contribution in [1.29, 1.82) is 0 Å². The molecule has 222 valence electrons. The van der Waals surface area contributed by atoms with Gasteiger partial charge in [-0.3, -0.25) is 4.79 Å². The number of allylic oxidation sites excluding steroid dienone is 4. The van der Waals surface area contributed by atoms with Crippen molar-refractivity contribution < 1.29 is 9.53 Å². The Hall–Kier alpha value is -3.85. The van der Waals surface area contributed by atoms with Crippen LogP contribution in [0.15, 0.2) is 125 Å². The molecular formula is C40H36Cl2O2. The summed E-state index contributed by atoms with van der Waals surface area (Å²) in [7, 11) is 0. The minimum absolute atomic E-state index is 0.184. The number of benzene rings is 4. The molecule has 0 radical (unpaired) electrons. The van der Waals surface area contributed by atoms with Gasteiger partial charge in [0.2, 0.25) is 0 Å². The van der Waals surface area contributed by atoms with Crippen molar-refractivity contribution in [3.8, 4) is 0 Å². The zero-order valence-corrected chi connectivity index (χ0v) is 27.3. The van der Waals surface area contributed by atoms with Crippen LogP contribution in [0.3, 0.4) is 0 Å². The molecule has 0 aliphatic heterocycles. The summed E-state index contributed by atoms with van der Waals surface area (Å²) in [5.74, 6) is -0.219. The Balaban J connectivity index is 1.88. The molecule has 2 aliphatic carbocycles. The van der Waals surface area contributed by atoms with Gasteiger partial charge in [-0.05, 0) is 101 Å². The summed E-state index contributed by atoms with van der Waals surface area (Å²) in [6.45, 7) is 11.2. The zero-order valence-electron chi connectivity index (χ0n) is 25.8. The van der Waals surface area contributed by atoms with E-state index in [9.17, 15) is 4.79 Å². The van der Waals surface area contributed by atoms with Gasteiger partial charge in [0.25, 0.3) is 0 Å². The standard InChI is InChI=1S/C40H36Cl2O2/c1-6-44-33(43)24-40-32-15-11-10-14-31(32)35(26-12-8-7-9-13-26)37(40)36(25(2)3)39(4,5)38(40)34(27-16-20-29(41)21-17-27)28-18-22-30(42)23-19-28/h7-23H,6,24H2,1-5H3. The zero-order chi connectivity index (χ0) is 31.2. The Labute approximate surface area is 270 Å². The van der Waals surface area contributed by atoms with Gasteiger partial charge in [-0.1, -0.05) is 121 Å². The fourth-order valence-electron chi connectivity index (χ4n) is 7.82. The molecule has 0 saturated heterocycles. The van der Waals surface area contributed by atoms with Gasteiger partial charge in [0, 0.05) is 15.5 Å². The SMILES string of the molecule is CCOC(=O)CC12C(=C(c3ccccc3)c3ccccc31)C(=C(C)C)C(C)(C)C2=C(c1ccc(Cl)cc1)c1ccc(Cl)cc1. The third-order valence-electron chi connectivity index (χ3n) is 9.05. The predicted octanol–water partition coefficient (Wildman–Crippen LogP) is 10.9. The average molecular weight is 620 g/mol. The highest BCUT2D eigenvalue weighted by Gasteiger charge is 2.62. The van der Waals surface area contributed by atoms with Crippen molar-refractivity contribution in [3.63, 3.8) is 0 Å². The topological polar surface area (TPSA) is 26.3 Å². The maximum absolute atomic E-state index is 13.9. The summed E-state index contributed by atoms with van der Waals surface area (Å²) in [5.41, 5.74) is 11.3. The van der Waals surface area contributed by atoms with E-state index in [-0.39, 0.29) is 12.4 Å². The van der Waals surface area contributed by atoms with Gasteiger partial charge in [0.15, 0.2) is 0 Å². The van der Waals surface area contributed by atoms with Gasteiger partial charge in [-0.25, -0.2) is 0 Å². The van der Waals surface area contributed by atoms with E-state index in [4.69, 9.17) is 27.9 Å². The molecule has 0 N–H and O–H groups in total. The molecule has 2 nitrogen and oxygen atoms in total. The van der Waals surface area contributed by atoms with Gasteiger partial charge >= 0.3 is 5.97 Å². The third-order valence-corrected chi connectivity index (χ3v) is 9.56. The van der Waals surface area contributed by atoms with Crippen LogP contribution in [0, 0.1) is 5.41 Å². The highest BCUT2D eigenvalue weighted by atomic mass is 35.5. The molecule has 0 aromatic heterocycles. The number of fused-ring (bicyclic) bond motifs is 3. The monoisotopic (exact) mass is 618 g/mol. The summed E-state index contributed by atoms with van der Waals surface area (Å²) in [4.78, 5) is 13.9. The van der Waals surface area contributed by atoms with Crippen LogP contribution in [0.1, 0.15) is 68.9 Å². The van der Waals surface area contributed by atoms with Gasteiger partial charge in [0.1, 0.15) is 0 Å². The Morgan fingerprint density at radius 3 is 1.84 bits per heavy atom. The highest BCUT2D eigenvalue weighted by molar-refractivity contribution is 6.31. The summed E-state index contributed by atoms with van der Waals surface area (Å²) >= 11 is 12.9. The fraction of sp³-hybridized carbons (Fsp3) is 0.225. The van der Waals surface area contributed by atoms with E-state index in [1.54, 1.807) is 0 Å². The molecule has 4 heteroatoms. The average Bonchev–Trinajstić information content (AvgIpc) is 3.37. The van der Waals surface area contributed by atoms with Crippen LogP contribution in [-0.4, -0.2) is 12.6 Å². The van der Waals surface area contributed by atoms with Crippen molar-refractivity contribution in [2.45, 2.75) is 46.5 Å². The molecule has 1 saturated carbocycles. The first-order valence-electron chi connectivity index (χ1n) is 15.1. The predicted molar refractivity (Wildman–Crippen MR) is 183 cm³/mol. The largest absolute Gasteiger partial charge is 0.466 e. The Morgan fingerprint density at radius 2 is 1.30 bits per heavy atom. The first kappa shape index (κ1) is 30.2. The smallest absolute Gasteiger partial charge is 0.307 e. The number of ether oxygens (including phenoxy) is 1. The van der Waals surface area contributed by atoms with E-state index in [1.165, 1.54) is 27.9 Å². The van der Waals surface area contributed by atoms with Crippen LogP contribution in [-0.2, 0) is 14.9 Å². The molecule has 4 aromatic rings. The molecule has 4 aromatic carbocycles. The van der Waals surface area contributed by atoms with E-state index in [2.05, 4.69) is 100 Å². The van der Waals surface area contributed by atoms with Crippen molar-refractivity contribution in [2.24, 2.45) is 5.41 Å². The van der Waals surface area contributed by atoms with Gasteiger partial charge in [-0.15, -0.1) is 0 Å². The Bertz CT molecular complexity index is 1790. The molecule has 6 rings (SSSR count). The van der Waals surface area contributed by atoms with Crippen LogP contribution in [0.4, 0.5) is 0 Å². The molecule has 44 heavy (non-hydrogen) atoms. The van der Waals surface area contributed by atoms with E-state index in [1.807, 2.05) is 37.3 Å².